The van der Waals surface area contributed by atoms with E-state index in [-0.39, 0.29) is 12.4 Å². The molecule has 0 aromatic carbocycles. The van der Waals surface area contributed by atoms with Crippen LogP contribution in [0.4, 0.5) is 0 Å². The van der Waals surface area contributed by atoms with Gasteiger partial charge in [-0.2, -0.15) is 0 Å². The molecule has 6 heteroatoms. The molecule has 0 unspecified atom stereocenters. The molecule has 0 aromatic rings. The van der Waals surface area contributed by atoms with Crippen molar-refractivity contribution in [2.75, 3.05) is 48.5 Å². The van der Waals surface area contributed by atoms with Gasteiger partial charge in [0.2, 0.25) is 0 Å². The Morgan fingerprint density at radius 3 is 0.925 bits per heavy atom. The van der Waals surface area contributed by atoms with Gasteiger partial charge in [0.1, 0.15) is 0 Å². The molecule has 0 spiro atoms. The Morgan fingerprint density at radius 1 is 0.400 bits per heavy atom. The first kappa shape index (κ1) is 42.5. The van der Waals surface area contributed by atoms with Crippen LogP contribution in [0.3, 0.4) is 0 Å². The summed E-state index contributed by atoms with van der Waals surface area (Å²) in [7, 11) is 7.66. The van der Waals surface area contributed by atoms with Gasteiger partial charge < -0.3 is 30.2 Å². The fourth-order valence-electron chi connectivity index (χ4n) is 5.87. The van der Waals surface area contributed by atoms with E-state index < -0.39 is 8.80 Å². The van der Waals surface area contributed by atoms with Crippen LogP contribution in [0.2, 0.25) is 6.04 Å². The van der Waals surface area contributed by atoms with Crippen LogP contribution >= 0.6 is 0 Å². The van der Waals surface area contributed by atoms with Gasteiger partial charge in [-0.3, -0.25) is 0 Å². The van der Waals surface area contributed by atoms with Crippen LogP contribution < -0.4 is 12.4 Å². The largest absolute Gasteiger partial charge is 1.00 e. The number of halogens is 1. The van der Waals surface area contributed by atoms with Gasteiger partial charge in [0, 0.05) is 27.4 Å². The van der Waals surface area contributed by atoms with Gasteiger partial charge in [0.15, 0.2) is 0 Å². The second-order valence-corrected chi connectivity index (χ2v) is 16.0. The fraction of sp³-hybridized carbons (Fsp3) is 1.00. The van der Waals surface area contributed by atoms with Crippen molar-refractivity contribution < 1.29 is 30.2 Å². The number of unbranched alkanes of at least 4 members (excludes halogenated alkanes) is 23. The summed E-state index contributed by atoms with van der Waals surface area (Å²) in [6, 6.07) is 0.934. The minimum atomic E-state index is -2.35. The van der Waals surface area contributed by atoms with E-state index in [0.29, 0.717) is 0 Å². The highest BCUT2D eigenvalue weighted by atomic mass is 35.5. The van der Waals surface area contributed by atoms with Crippen molar-refractivity contribution in [3.8, 4) is 0 Å². The van der Waals surface area contributed by atoms with Gasteiger partial charge in [0.25, 0.3) is 0 Å². The zero-order chi connectivity index (χ0) is 28.9. The van der Waals surface area contributed by atoms with E-state index in [1.807, 2.05) is 0 Å². The van der Waals surface area contributed by atoms with Gasteiger partial charge in [0.05, 0.1) is 27.2 Å². The lowest BCUT2D eigenvalue weighted by Crippen LogP contribution is -3.00. The lowest BCUT2D eigenvalue weighted by atomic mass is 10.0. The maximum absolute atomic E-state index is 5.51. The van der Waals surface area contributed by atoms with Crippen LogP contribution in [-0.2, 0) is 13.3 Å². The summed E-state index contributed by atoms with van der Waals surface area (Å²) in [6.07, 6.45) is 35.4. The van der Waals surface area contributed by atoms with Crippen molar-refractivity contribution in [3.05, 3.63) is 0 Å². The molecule has 40 heavy (non-hydrogen) atoms. The van der Waals surface area contributed by atoms with Crippen LogP contribution in [0.5, 0.6) is 0 Å². The highest BCUT2D eigenvalue weighted by Crippen LogP contribution is 2.19. The lowest BCUT2D eigenvalue weighted by Gasteiger charge is -2.30. The third kappa shape index (κ3) is 27.2. The number of quaternary nitrogens is 1. The Labute approximate surface area is 260 Å². The minimum absolute atomic E-state index is 0. The van der Waals surface area contributed by atoms with E-state index in [2.05, 4.69) is 21.0 Å². The normalized spacial score (nSPS) is 12.2. The van der Waals surface area contributed by atoms with E-state index >= 15 is 0 Å². The molecule has 244 valence electrons. The Bertz CT molecular complexity index is 484. The summed E-state index contributed by atoms with van der Waals surface area (Å²) in [5, 5.41) is 0. The van der Waals surface area contributed by atoms with E-state index in [1.165, 1.54) is 172 Å². The first-order valence-electron chi connectivity index (χ1n) is 17.4. The van der Waals surface area contributed by atoms with Crippen molar-refractivity contribution in [1.82, 2.24) is 0 Å². The maximum Gasteiger partial charge on any atom is 0.500 e. The van der Waals surface area contributed by atoms with Crippen molar-refractivity contribution in [1.29, 1.82) is 0 Å². The quantitative estimate of drug-likeness (QED) is 0.0445. The summed E-state index contributed by atoms with van der Waals surface area (Å²) >= 11 is 0. The molecule has 0 rings (SSSR count). The Morgan fingerprint density at radius 2 is 0.650 bits per heavy atom. The average molecular weight is 609 g/mol. The standard InChI is InChI=1S/C34H74NO3Si.ClH/c1-7-8-9-10-11-12-13-14-15-16-17-18-20-23-26-29-32-35(2,3)33-30-27-24-21-19-22-25-28-31-34-39(36-4,37-5)38-6;/h7-34H2,1-6H3;1H/q+1;/p-1. The molecular formula is C34H74ClNO3Si. The molecule has 0 aliphatic rings. The van der Waals surface area contributed by atoms with Crippen LogP contribution in [-0.4, -0.2) is 61.8 Å². The predicted octanol–water partition coefficient (Wildman–Crippen LogP) is 7.72. The van der Waals surface area contributed by atoms with E-state index in [4.69, 9.17) is 13.3 Å². The minimum Gasteiger partial charge on any atom is -1.00 e. The number of hydrogen-bond acceptors (Lipinski definition) is 3. The topological polar surface area (TPSA) is 27.7 Å². The van der Waals surface area contributed by atoms with Gasteiger partial charge in [-0.05, 0) is 32.1 Å². The summed E-state index contributed by atoms with van der Waals surface area (Å²) in [6.45, 7) is 5.01. The second kappa shape index (κ2) is 30.8. The van der Waals surface area contributed by atoms with Crippen molar-refractivity contribution >= 4 is 8.80 Å². The number of nitrogens with zero attached hydrogens (tertiary/aromatic N) is 1. The molecule has 0 radical (unpaired) electrons. The molecule has 0 aromatic heterocycles. The van der Waals surface area contributed by atoms with Gasteiger partial charge >= 0.3 is 8.80 Å². The van der Waals surface area contributed by atoms with Gasteiger partial charge in [-0.1, -0.05) is 135 Å². The molecule has 4 nitrogen and oxygen atoms in total. The summed E-state index contributed by atoms with van der Waals surface area (Å²) in [4.78, 5) is 0. The molecule has 0 saturated carbocycles. The monoisotopic (exact) mass is 608 g/mol. The zero-order valence-electron chi connectivity index (χ0n) is 28.3. The third-order valence-corrected chi connectivity index (χ3v) is 11.6. The zero-order valence-corrected chi connectivity index (χ0v) is 30.1. The summed E-state index contributed by atoms with van der Waals surface area (Å²) in [5.41, 5.74) is 0. The third-order valence-electron chi connectivity index (χ3n) is 8.80. The van der Waals surface area contributed by atoms with Crippen molar-refractivity contribution in [2.24, 2.45) is 0 Å². The second-order valence-electron chi connectivity index (χ2n) is 12.9. The Balaban J connectivity index is 0. The fourth-order valence-corrected chi connectivity index (χ4v) is 7.67. The first-order valence-corrected chi connectivity index (χ1v) is 19.4. The number of rotatable bonds is 32. The van der Waals surface area contributed by atoms with Crippen LogP contribution in [0.1, 0.15) is 167 Å². The lowest BCUT2D eigenvalue weighted by molar-refractivity contribution is -0.890. The average Bonchev–Trinajstić information content (AvgIpc) is 2.94. The Hall–Kier alpha value is 0.347. The molecule has 0 saturated heterocycles. The van der Waals surface area contributed by atoms with Gasteiger partial charge in [-0.25, -0.2) is 0 Å². The molecule has 0 aliphatic carbocycles. The summed E-state index contributed by atoms with van der Waals surface area (Å²) < 4.78 is 17.7. The molecule has 0 atom stereocenters. The molecule has 0 fully saturated rings. The summed E-state index contributed by atoms with van der Waals surface area (Å²) in [5.74, 6) is 0. The van der Waals surface area contributed by atoms with E-state index in [9.17, 15) is 0 Å². The highest BCUT2D eigenvalue weighted by molar-refractivity contribution is 6.60. The smallest absolute Gasteiger partial charge is 0.500 e. The molecule has 0 amide bonds. The predicted molar refractivity (Wildman–Crippen MR) is 175 cm³/mol. The maximum atomic E-state index is 5.51. The molecular weight excluding hydrogens is 534 g/mol. The van der Waals surface area contributed by atoms with Gasteiger partial charge in [-0.15, -0.1) is 0 Å². The SMILES string of the molecule is CCCCCCCCCCCCCCCCCC[N+](C)(C)CCCCCCCCCCC[Si](OC)(OC)OC.[Cl-]. The van der Waals surface area contributed by atoms with E-state index in [1.54, 1.807) is 21.3 Å². The van der Waals surface area contributed by atoms with Crippen LogP contribution in [0.25, 0.3) is 0 Å². The number of hydrogen-bond donors (Lipinski definition) is 0. The van der Waals surface area contributed by atoms with Crippen molar-refractivity contribution in [3.63, 3.8) is 0 Å². The van der Waals surface area contributed by atoms with E-state index in [0.717, 1.165) is 12.5 Å². The highest BCUT2D eigenvalue weighted by Gasteiger charge is 2.36. The molecule has 0 heterocycles. The van der Waals surface area contributed by atoms with Crippen molar-refractivity contribution in [2.45, 2.75) is 173 Å². The molecule has 0 N–H and O–H groups in total. The first-order chi connectivity index (χ1) is 18.9. The van der Waals surface area contributed by atoms with Crippen LogP contribution in [0.15, 0.2) is 0 Å². The Kier molecular flexibility index (Phi) is 32.7. The molecule has 0 aliphatic heterocycles. The van der Waals surface area contributed by atoms with Crippen LogP contribution in [0, 0.1) is 0 Å². The molecule has 0 bridgehead atoms.